The van der Waals surface area contributed by atoms with Gasteiger partial charge in [-0.3, -0.25) is 4.79 Å². The van der Waals surface area contributed by atoms with Crippen LogP contribution in [0.1, 0.15) is 16.7 Å². The lowest BCUT2D eigenvalue weighted by atomic mass is 10.1. The van der Waals surface area contributed by atoms with Crippen molar-refractivity contribution in [2.45, 2.75) is 20.3 Å². The van der Waals surface area contributed by atoms with E-state index in [0.717, 1.165) is 16.8 Å². The number of hydrogen-bond donors (Lipinski definition) is 0. The van der Waals surface area contributed by atoms with Crippen molar-refractivity contribution in [1.82, 2.24) is 0 Å². The number of halogens is 2. The zero-order chi connectivity index (χ0) is 15.6. The second kappa shape index (κ2) is 6.50. The molecule has 0 saturated carbocycles. The maximum atomic E-state index is 12.5. The predicted octanol–water partition coefficient (Wildman–Crippen LogP) is 4.82. The highest BCUT2D eigenvalue weighted by Crippen LogP contribution is 2.27. The molecule has 0 aliphatic carbocycles. The van der Waals surface area contributed by atoms with E-state index in [-0.39, 0.29) is 12.3 Å². The van der Waals surface area contributed by atoms with Crippen LogP contribution in [0.25, 0.3) is 0 Å². The van der Waals surface area contributed by atoms with Crippen LogP contribution >= 0.6 is 23.2 Å². The molecule has 0 unspecified atom stereocenters. The van der Waals surface area contributed by atoms with E-state index in [0.29, 0.717) is 15.6 Å². The van der Waals surface area contributed by atoms with Crippen molar-refractivity contribution in [3.8, 4) is 0 Å². The van der Waals surface area contributed by atoms with Crippen molar-refractivity contribution < 1.29 is 4.79 Å². The van der Waals surface area contributed by atoms with Gasteiger partial charge in [0.25, 0.3) is 0 Å². The van der Waals surface area contributed by atoms with Gasteiger partial charge in [-0.25, -0.2) is 0 Å². The second-order valence-electron chi connectivity index (χ2n) is 5.05. The van der Waals surface area contributed by atoms with Crippen molar-refractivity contribution in [2.24, 2.45) is 0 Å². The standard InChI is InChI=1S/C17H17Cl2NO/c1-11-6-4-9-16(12(11)2)20(3)17(21)10-13-14(18)7-5-8-15(13)19/h4-9H,10H2,1-3H3. The topological polar surface area (TPSA) is 20.3 Å². The summed E-state index contributed by atoms with van der Waals surface area (Å²) in [6.45, 7) is 4.04. The molecule has 0 aliphatic heterocycles. The van der Waals surface area contributed by atoms with E-state index in [1.165, 1.54) is 0 Å². The molecule has 0 fully saturated rings. The normalized spacial score (nSPS) is 10.5. The van der Waals surface area contributed by atoms with Crippen LogP contribution in [0, 0.1) is 13.8 Å². The molecule has 0 atom stereocenters. The van der Waals surface area contributed by atoms with Crippen molar-refractivity contribution in [2.75, 3.05) is 11.9 Å². The lowest BCUT2D eigenvalue weighted by molar-refractivity contribution is -0.117. The molecule has 2 nitrogen and oxygen atoms in total. The zero-order valence-corrected chi connectivity index (χ0v) is 13.8. The van der Waals surface area contributed by atoms with Crippen LogP contribution < -0.4 is 4.90 Å². The van der Waals surface area contributed by atoms with Gasteiger partial charge < -0.3 is 4.90 Å². The van der Waals surface area contributed by atoms with Crippen molar-refractivity contribution in [1.29, 1.82) is 0 Å². The van der Waals surface area contributed by atoms with Crippen molar-refractivity contribution in [3.63, 3.8) is 0 Å². The fraction of sp³-hybridized carbons (Fsp3) is 0.235. The molecule has 0 bridgehead atoms. The van der Waals surface area contributed by atoms with Gasteiger partial charge in [0.1, 0.15) is 0 Å². The number of carbonyl (C=O) groups is 1. The first-order valence-electron chi connectivity index (χ1n) is 6.67. The molecule has 0 radical (unpaired) electrons. The number of carbonyl (C=O) groups excluding carboxylic acids is 1. The molecule has 21 heavy (non-hydrogen) atoms. The Kier molecular flexibility index (Phi) is 4.92. The van der Waals surface area contributed by atoms with Crippen molar-refractivity contribution >= 4 is 34.8 Å². The largest absolute Gasteiger partial charge is 0.315 e. The highest BCUT2D eigenvalue weighted by atomic mass is 35.5. The number of amides is 1. The van der Waals surface area contributed by atoms with Gasteiger partial charge in [0.2, 0.25) is 5.91 Å². The van der Waals surface area contributed by atoms with E-state index in [1.54, 1.807) is 30.1 Å². The molecule has 0 spiro atoms. The van der Waals surface area contributed by atoms with Gasteiger partial charge >= 0.3 is 0 Å². The summed E-state index contributed by atoms with van der Waals surface area (Å²) in [6, 6.07) is 11.2. The molecular formula is C17H17Cl2NO. The van der Waals surface area contributed by atoms with Crippen molar-refractivity contribution in [3.05, 3.63) is 63.1 Å². The number of hydrogen-bond acceptors (Lipinski definition) is 1. The Morgan fingerprint density at radius 1 is 1.05 bits per heavy atom. The lowest BCUT2D eigenvalue weighted by Gasteiger charge is -2.21. The summed E-state index contributed by atoms with van der Waals surface area (Å²) in [5, 5.41) is 1.04. The van der Waals surface area contributed by atoms with Gasteiger partial charge in [0, 0.05) is 22.8 Å². The second-order valence-corrected chi connectivity index (χ2v) is 5.86. The third-order valence-electron chi connectivity index (χ3n) is 3.70. The van der Waals surface area contributed by atoms with E-state index >= 15 is 0 Å². The minimum absolute atomic E-state index is 0.0429. The molecule has 2 aromatic rings. The summed E-state index contributed by atoms with van der Waals surface area (Å²) in [4.78, 5) is 14.1. The van der Waals surface area contributed by atoms with Crippen LogP contribution in [-0.2, 0) is 11.2 Å². The van der Waals surface area contributed by atoms with Gasteiger partial charge in [-0.1, -0.05) is 41.4 Å². The molecule has 0 aromatic heterocycles. The highest BCUT2D eigenvalue weighted by Gasteiger charge is 2.17. The van der Waals surface area contributed by atoms with Gasteiger partial charge in [-0.15, -0.1) is 0 Å². The summed E-state index contributed by atoms with van der Waals surface area (Å²) in [5.74, 6) is -0.0429. The summed E-state index contributed by atoms with van der Waals surface area (Å²) in [5.41, 5.74) is 3.83. The highest BCUT2D eigenvalue weighted by molar-refractivity contribution is 6.36. The van der Waals surface area contributed by atoms with Crippen LogP contribution in [-0.4, -0.2) is 13.0 Å². The molecular weight excluding hydrogens is 305 g/mol. The van der Waals surface area contributed by atoms with Crippen LogP contribution in [0.2, 0.25) is 10.0 Å². The molecule has 2 rings (SSSR count). The van der Waals surface area contributed by atoms with Crippen LogP contribution in [0.15, 0.2) is 36.4 Å². The van der Waals surface area contributed by atoms with Crippen LogP contribution in [0.5, 0.6) is 0 Å². The Morgan fingerprint density at radius 2 is 1.62 bits per heavy atom. The minimum atomic E-state index is -0.0429. The third kappa shape index (κ3) is 3.39. The van der Waals surface area contributed by atoms with Gasteiger partial charge in [0.15, 0.2) is 0 Å². The molecule has 110 valence electrons. The first-order chi connectivity index (χ1) is 9.91. The molecule has 0 saturated heterocycles. The number of benzene rings is 2. The minimum Gasteiger partial charge on any atom is -0.315 e. The number of nitrogens with zero attached hydrogens (tertiary/aromatic N) is 1. The molecule has 0 N–H and O–H groups in total. The van der Waals surface area contributed by atoms with E-state index in [9.17, 15) is 4.79 Å². The Labute approximate surface area is 135 Å². The maximum Gasteiger partial charge on any atom is 0.231 e. The van der Waals surface area contributed by atoms with Crippen LogP contribution in [0.3, 0.4) is 0 Å². The number of likely N-dealkylation sites (N-methyl/N-ethyl adjacent to an activating group) is 1. The summed E-state index contributed by atoms with van der Waals surface area (Å²) >= 11 is 12.3. The maximum absolute atomic E-state index is 12.5. The number of aryl methyl sites for hydroxylation is 1. The summed E-state index contributed by atoms with van der Waals surface area (Å²) in [6.07, 6.45) is 0.183. The third-order valence-corrected chi connectivity index (χ3v) is 4.41. The lowest BCUT2D eigenvalue weighted by Crippen LogP contribution is -2.28. The summed E-state index contributed by atoms with van der Waals surface area (Å²) in [7, 11) is 1.77. The molecule has 0 heterocycles. The fourth-order valence-corrected chi connectivity index (χ4v) is 2.74. The van der Waals surface area contributed by atoms with Gasteiger partial charge in [0.05, 0.1) is 6.42 Å². The molecule has 1 amide bonds. The van der Waals surface area contributed by atoms with Crippen LogP contribution in [0.4, 0.5) is 5.69 Å². The zero-order valence-electron chi connectivity index (χ0n) is 12.3. The smallest absolute Gasteiger partial charge is 0.231 e. The first-order valence-corrected chi connectivity index (χ1v) is 7.43. The SMILES string of the molecule is Cc1cccc(N(C)C(=O)Cc2c(Cl)cccc2Cl)c1C. The molecule has 2 aromatic carbocycles. The number of rotatable bonds is 3. The molecule has 4 heteroatoms. The van der Waals surface area contributed by atoms with E-state index < -0.39 is 0 Å². The van der Waals surface area contributed by atoms with E-state index in [4.69, 9.17) is 23.2 Å². The van der Waals surface area contributed by atoms with Gasteiger partial charge in [-0.05, 0) is 48.7 Å². The summed E-state index contributed by atoms with van der Waals surface area (Å²) < 4.78 is 0. The first kappa shape index (κ1) is 15.9. The quantitative estimate of drug-likeness (QED) is 0.794. The van der Waals surface area contributed by atoms with E-state index in [1.807, 2.05) is 32.0 Å². The van der Waals surface area contributed by atoms with Gasteiger partial charge in [-0.2, -0.15) is 0 Å². The average molecular weight is 322 g/mol. The predicted molar refractivity (Wildman–Crippen MR) is 89.5 cm³/mol. The Morgan fingerprint density at radius 3 is 2.24 bits per heavy atom. The average Bonchev–Trinajstić information content (AvgIpc) is 2.45. The Hall–Kier alpha value is -1.51. The fourth-order valence-electron chi connectivity index (χ4n) is 2.20. The Bertz CT molecular complexity index is 662. The monoisotopic (exact) mass is 321 g/mol. The van der Waals surface area contributed by atoms with E-state index in [2.05, 4.69) is 0 Å². The molecule has 0 aliphatic rings. The Balaban J connectivity index is 2.26. The number of anilines is 1.